The van der Waals surface area contributed by atoms with Crippen molar-refractivity contribution < 1.29 is 14.3 Å². The number of aromatic nitrogens is 3. The highest BCUT2D eigenvalue weighted by Gasteiger charge is 2.27. The molecule has 2 aliphatic heterocycles. The highest BCUT2D eigenvalue weighted by molar-refractivity contribution is 5.95. The lowest BCUT2D eigenvalue weighted by Crippen LogP contribution is -2.39. The molecule has 2 aromatic heterocycles. The monoisotopic (exact) mass is 402 g/mol. The molecule has 0 spiro atoms. The zero-order valence-electron chi connectivity index (χ0n) is 16.5. The highest BCUT2D eigenvalue weighted by Crippen LogP contribution is 2.32. The summed E-state index contributed by atoms with van der Waals surface area (Å²) in [6.45, 7) is 2.42. The maximum Gasteiger partial charge on any atom is 0.254 e. The van der Waals surface area contributed by atoms with Crippen molar-refractivity contribution in [2.45, 2.75) is 18.8 Å². The molecule has 1 aromatic carbocycles. The summed E-state index contributed by atoms with van der Waals surface area (Å²) < 4.78 is 11.2. The number of ether oxygens (including phenoxy) is 2. The Labute approximate surface area is 174 Å². The zero-order chi connectivity index (χ0) is 20.3. The van der Waals surface area contributed by atoms with Crippen molar-refractivity contribution in [1.82, 2.24) is 19.9 Å². The van der Waals surface area contributed by atoms with E-state index in [0.717, 1.165) is 30.6 Å². The average molecular weight is 402 g/mol. The smallest absolute Gasteiger partial charge is 0.254 e. The number of pyridine rings is 1. The molecule has 1 atom stereocenters. The first kappa shape index (κ1) is 18.5. The molecule has 0 radical (unpaired) electrons. The van der Waals surface area contributed by atoms with E-state index in [1.807, 2.05) is 35.2 Å². The molecule has 4 heterocycles. The van der Waals surface area contributed by atoms with Crippen LogP contribution in [0.2, 0.25) is 0 Å². The summed E-state index contributed by atoms with van der Waals surface area (Å²) in [7, 11) is 0. The molecule has 152 valence electrons. The number of nitrogens with zero attached hydrogens (tertiary/aromatic N) is 4. The number of likely N-dealkylation sites (tertiary alicyclic amines) is 1. The van der Waals surface area contributed by atoms with Gasteiger partial charge in [-0.3, -0.25) is 9.78 Å². The minimum absolute atomic E-state index is 0.0122. The molecule has 1 saturated heterocycles. The van der Waals surface area contributed by atoms with Gasteiger partial charge in [-0.1, -0.05) is 0 Å². The van der Waals surface area contributed by atoms with Gasteiger partial charge in [0, 0.05) is 54.4 Å². The fourth-order valence-corrected chi connectivity index (χ4v) is 4.00. The molecule has 7 nitrogen and oxygen atoms in total. The molecule has 0 N–H and O–H groups in total. The van der Waals surface area contributed by atoms with Crippen LogP contribution in [0.3, 0.4) is 0 Å². The topological polar surface area (TPSA) is 77.4 Å². The van der Waals surface area contributed by atoms with Crippen molar-refractivity contribution in [2.24, 2.45) is 0 Å². The van der Waals surface area contributed by atoms with Crippen LogP contribution in [-0.4, -0.2) is 52.1 Å². The molecule has 1 amide bonds. The molecule has 30 heavy (non-hydrogen) atoms. The van der Waals surface area contributed by atoms with E-state index in [1.54, 1.807) is 24.7 Å². The Hall–Kier alpha value is -3.48. The van der Waals surface area contributed by atoms with Crippen LogP contribution in [0.25, 0.3) is 11.4 Å². The van der Waals surface area contributed by atoms with Gasteiger partial charge < -0.3 is 14.4 Å². The van der Waals surface area contributed by atoms with E-state index >= 15 is 0 Å². The Balaban J connectivity index is 1.34. The average Bonchev–Trinajstić information content (AvgIpc) is 2.84. The maximum absolute atomic E-state index is 13.1. The lowest BCUT2D eigenvalue weighted by molar-refractivity contribution is 0.0705. The van der Waals surface area contributed by atoms with Crippen LogP contribution < -0.4 is 9.47 Å². The van der Waals surface area contributed by atoms with Crippen molar-refractivity contribution in [3.63, 3.8) is 0 Å². The van der Waals surface area contributed by atoms with E-state index in [1.165, 1.54) is 0 Å². The summed E-state index contributed by atoms with van der Waals surface area (Å²) in [5.41, 5.74) is 2.47. The molecular formula is C23H22N4O3. The summed E-state index contributed by atoms with van der Waals surface area (Å²) in [6, 6.07) is 11.2. The predicted molar refractivity (Wildman–Crippen MR) is 111 cm³/mol. The van der Waals surface area contributed by atoms with Crippen molar-refractivity contribution >= 4 is 5.91 Å². The molecule has 3 aromatic rings. The van der Waals surface area contributed by atoms with Gasteiger partial charge >= 0.3 is 0 Å². The molecule has 2 aliphatic rings. The van der Waals surface area contributed by atoms with Gasteiger partial charge in [0.15, 0.2) is 17.3 Å². The van der Waals surface area contributed by atoms with Crippen molar-refractivity contribution in [3.8, 4) is 22.9 Å². The number of amides is 1. The Morgan fingerprint density at radius 2 is 1.97 bits per heavy atom. The van der Waals surface area contributed by atoms with Gasteiger partial charge in [-0.05, 0) is 49.2 Å². The summed E-state index contributed by atoms with van der Waals surface area (Å²) in [5, 5.41) is 0. The zero-order valence-corrected chi connectivity index (χ0v) is 16.5. The van der Waals surface area contributed by atoms with Gasteiger partial charge in [0.05, 0.1) is 0 Å². The van der Waals surface area contributed by atoms with E-state index in [9.17, 15) is 4.79 Å². The molecule has 1 fully saturated rings. The fraction of sp³-hybridized carbons (Fsp3) is 0.304. The van der Waals surface area contributed by atoms with E-state index in [2.05, 4.69) is 9.97 Å². The third-order valence-electron chi connectivity index (χ3n) is 5.51. The number of carbonyl (C=O) groups excluding carboxylic acids is 1. The number of carbonyl (C=O) groups is 1. The van der Waals surface area contributed by atoms with Crippen LogP contribution in [0, 0.1) is 0 Å². The van der Waals surface area contributed by atoms with Crippen LogP contribution in [0.4, 0.5) is 0 Å². The standard InChI is InChI=1S/C23H22N4O3/c28-23(16-5-6-20-21(13-16)30-12-11-29-20)27-10-2-4-18(15-27)19-7-9-25-22(26-19)17-3-1-8-24-14-17/h1,3,5-9,13-14,18H,2,4,10-12,15H2. The van der Waals surface area contributed by atoms with Gasteiger partial charge in [-0.25, -0.2) is 9.97 Å². The third-order valence-corrected chi connectivity index (χ3v) is 5.51. The number of rotatable bonds is 3. The third kappa shape index (κ3) is 3.70. The van der Waals surface area contributed by atoms with Crippen LogP contribution in [-0.2, 0) is 0 Å². The van der Waals surface area contributed by atoms with Crippen LogP contribution in [0.1, 0.15) is 34.8 Å². The SMILES string of the molecule is O=C(c1ccc2c(c1)OCCO2)N1CCCC(c2ccnc(-c3cccnc3)n2)C1. The van der Waals surface area contributed by atoms with Crippen molar-refractivity contribution in [1.29, 1.82) is 0 Å². The molecule has 0 saturated carbocycles. The van der Waals surface area contributed by atoms with E-state index < -0.39 is 0 Å². The lowest BCUT2D eigenvalue weighted by atomic mass is 9.94. The quantitative estimate of drug-likeness (QED) is 0.669. The van der Waals surface area contributed by atoms with Crippen molar-refractivity contribution in [2.75, 3.05) is 26.3 Å². The summed E-state index contributed by atoms with van der Waals surface area (Å²) in [5.74, 6) is 2.18. The second-order valence-corrected chi connectivity index (χ2v) is 7.50. The second kappa shape index (κ2) is 8.10. The van der Waals surface area contributed by atoms with Gasteiger partial charge in [-0.2, -0.15) is 0 Å². The Morgan fingerprint density at radius 3 is 2.83 bits per heavy atom. The Bertz CT molecular complexity index is 1060. The van der Waals surface area contributed by atoms with Gasteiger partial charge in [0.1, 0.15) is 13.2 Å². The van der Waals surface area contributed by atoms with Crippen LogP contribution in [0.15, 0.2) is 55.0 Å². The van der Waals surface area contributed by atoms with Crippen LogP contribution in [0.5, 0.6) is 11.5 Å². The normalized spacial score (nSPS) is 18.1. The van der Waals surface area contributed by atoms with Gasteiger partial charge in [0.2, 0.25) is 0 Å². The number of hydrogen-bond donors (Lipinski definition) is 0. The predicted octanol–water partition coefficient (Wildman–Crippen LogP) is 3.33. The first-order chi connectivity index (χ1) is 14.8. The maximum atomic E-state index is 13.1. The molecule has 0 bridgehead atoms. The van der Waals surface area contributed by atoms with E-state index in [-0.39, 0.29) is 11.8 Å². The lowest BCUT2D eigenvalue weighted by Gasteiger charge is -2.33. The minimum Gasteiger partial charge on any atom is -0.486 e. The van der Waals surface area contributed by atoms with Crippen molar-refractivity contribution in [3.05, 3.63) is 66.2 Å². The number of piperidine rings is 1. The van der Waals surface area contributed by atoms with Gasteiger partial charge in [-0.15, -0.1) is 0 Å². The first-order valence-corrected chi connectivity index (χ1v) is 10.2. The summed E-state index contributed by atoms with van der Waals surface area (Å²) in [4.78, 5) is 28.4. The minimum atomic E-state index is 0.0122. The van der Waals surface area contributed by atoms with E-state index in [0.29, 0.717) is 42.6 Å². The number of benzene rings is 1. The summed E-state index contributed by atoms with van der Waals surface area (Å²) in [6.07, 6.45) is 7.21. The van der Waals surface area contributed by atoms with Crippen LogP contribution >= 0.6 is 0 Å². The van der Waals surface area contributed by atoms with Gasteiger partial charge in [0.25, 0.3) is 5.91 Å². The van der Waals surface area contributed by atoms with E-state index in [4.69, 9.17) is 14.5 Å². The largest absolute Gasteiger partial charge is 0.486 e. The summed E-state index contributed by atoms with van der Waals surface area (Å²) >= 11 is 0. The molecule has 1 unspecified atom stereocenters. The number of fused-ring (bicyclic) bond motifs is 1. The molecular weight excluding hydrogens is 380 g/mol. The second-order valence-electron chi connectivity index (χ2n) is 7.50. The Morgan fingerprint density at radius 1 is 1.07 bits per heavy atom. The number of hydrogen-bond acceptors (Lipinski definition) is 6. The fourth-order valence-electron chi connectivity index (χ4n) is 4.00. The highest BCUT2D eigenvalue weighted by atomic mass is 16.6. The first-order valence-electron chi connectivity index (χ1n) is 10.2. The molecule has 7 heteroatoms. The Kier molecular flexibility index (Phi) is 5.01. The molecule has 0 aliphatic carbocycles. The molecule has 5 rings (SSSR count).